The van der Waals surface area contributed by atoms with E-state index in [0.29, 0.717) is 11.3 Å². The van der Waals surface area contributed by atoms with E-state index in [1.807, 2.05) is 7.05 Å². The average molecular weight is 454 g/mol. The van der Waals surface area contributed by atoms with Crippen molar-refractivity contribution in [3.05, 3.63) is 82.1 Å². The van der Waals surface area contributed by atoms with Crippen molar-refractivity contribution in [1.82, 2.24) is 14.7 Å². The Kier molecular flexibility index (Phi) is 6.79. The molecular formula is C24H24F2N4O3. The van der Waals surface area contributed by atoms with Crippen LogP contribution in [-0.4, -0.2) is 47.0 Å². The molecule has 1 aliphatic heterocycles. The zero-order chi connectivity index (χ0) is 23.4. The smallest absolute Gasteiger partial charge is 0.411 e. The number of likely N-dealkylation sites (tertiary alicyclic amines) is 1. The van der Waals surface area contributed by atoms with Crippen LogP contribution in [0.1, 0.15) is 18.4 Å². The van der Waals surface area contributed by atoms with E-state index in [9.17, 15) is 18.4 Å². The van der Waals surface area contributed by atoms with Gasteiger partial charge in [-0.15, -0.1) is 0 Å². The molecule has 0 saturated carbocycles. The minimum atomic E-state index is -0.726. The summed E-state index contributed by atoms with van der Waals surface area (Å²) in [4.78, 5) is 26.8. The van der Waals surface area contributed by atoms with Crippen molar-refractivity contribution in [2.75, 3.05) is 25.5 Å². The molecule has 172 valence electrons. The van der Waals surface area contributed by atoms with Crippen LogP contribution < -0.4 is 10.9 Å². The Bertz CT molecular complexity index is 1190. The molecule has 0 radical (unpaired) electrons. The van der Waals surface area contributed by atoms with Gasteiger partial charge in [-0.2, -0.15) is 5.10 Å². The van der Waals surface area contributed by atoms with Gasteiger partial charge in [0, 0.05) is 36.5 Å². The lowest BCUT2D eigenvalue weighted by atomic mass is 10.1. The monoisotopic (exact) mass is 454 g/mol. The maximum Gasteiger partial charge on any atom is 0.411 e. The maximum absolute atomic E-state index is 13.6. The number of amides is 1. The molecule has 2 aromatic carbocycles. The molecule has 1 aliphatic rings. The van der Waals surface area contributed by atoms with Crippen LogP contribution >= 0.6 is 0 Å². The first kappa shape index (κ1) is 22.6. The SMILES string of the molecule is CN1CCC(OC(=O)Nc2cccc(Cn3nc(-c4cc(F)cc(F)c4)ccc3=O)c2)CC1. The predicted octanol–water partition coefficient (Wildman–Crippen LogP) is 3.88. The van der Waals surface area contributed by atoms with Crippen LogP contribution in [0.25, 0.3) is 11.3 Å². The minimum absolute atomic E-state index is 0.109. The Morgan fingerprint density at radius 2 is 1.82 bits per heavy atom. The van der Waals surface area contributed by atoms with Gasteiger partial charge in [0.25, 0.3) is 5.56 Å². The zero-order valence-electron chi connectivity index (χ0n) is 18.1. The van der Waals surface area contributed by atoms with Gasteiger partial charge >= 0.3 is 6.09 Å². The highest BCUT2D eigenvalue weighted by Gasteiger charge is 2.20. The molecule has 33 heavy (non-hydrogen) atoms. The number of carbonyl (C=O) groups excluding carboxylic acids is 1. The number of benzene rings is 2. The molecule has 2 heterocycles. The van der Waals surface area contributed by atoms with Gasteiger partial charge in [0.15, 0.2) is 0 Å². The number of piperidine rings is 1. The van der Waals surface area contributed by atoms with Gasteiger partial charge in [-0.3, -0.25) is 10.1 Å². The maximum atomic E-state index is 13.6. The van der Waals surface area contributed by atoms with Crippen molar-refractivity contribution in [1.29, 1.82) is 0 Å². The van der Waals surface area contributed by atoms with Crippen LogP contribution in [0.2, 0.25) is 0 Å². The molecule has 0 spiro atoms. The van der Waals surface area contributed by atoms with Crippen molar-refractivity contribution in [2.45, 2.75) is 25.5 Å². The first-order chi connectivity index (χ1) is 15.9. The summed E-state index contributed by atoms with van der Waals surface area (Å²) in [6, 6.07) is 12.8. The van der Waals surface area contributed by atoms with E-state index in [4.69, 9.17) is 4.74 Å². The Labute approximate surface area is 189 Å². The highest BCUT2D eigenvalue weighted by Crippen LogP contribution is 2.19. The summed E-state index contributed by atoms with van der Waals surface area (Å²) in [7, 11) is 2.04. The van der Waals surface area contributed by atoms with Gasteiger partial charge in [-0.25, -0.2) is 18.3 Å². The summed E-state index contributed by atoms with van der Waals surface area (Å²) in [6.45, 7) is 1.89. The van der Waals surface area contributed by atoms with E-state index in [1.165, 1.54) is 16.8 Å². The molecule has 1 saturated heterocycles. The second kappa shape index (κ2) is 9.91. The fourth-order valence-electron chi connectivity index (χ4n) is 3.74. The summed E-state index contributed by atoms with van der Waals surface area (Å²) in [5.41, 5.74) is 1.37. The molecule has 1 amide bonds. The number of halogens is 2. The second-order valence-corrected chi connectivity index (χ2v) is 8.11. The molecule has 0 bridgehead atoms. The zero-order valence-corrected chi connectivity index (χ0v) is 18.1. The quantitative estimate of drug-likeness (QED) is 0.633. The lowest BCUT2D eigenvalue weighted by Gasteiger charge is -2.28. The number of hydrogen-bond acceptors (Lipinski definition) is 5. The lowest BCUT2D eigenvalue weighted by molar-refractivity contribution is 0.0662. The summed E-state index contributed by atoms with van der Waals surface area (Å²) in [5, 5.41) is 6.97. The van der Waals surface area contributed by atoms with Crippen LogP contribution in [-0.2, 0) is 11.3 Å². The molecule has 0 aliphatic carbocycles. The van der Waals surface area contributed by atoms with Crippen molar-refractivity contribution in [3.8, 4) is 11.3 Å². The third-order valence-corrected chi connectivity index (χ3v) is 5.47. The fraction of sp³-hybridized carbons (Fsp3) is 0.292. The molecule has 0 atom stereocenters. The molecule has 7 nitrogen and oxygen atoms in total. The number of ether oxygens (including phenoxy) is 1. The van der Waals surface area contributed by atoms with E-state index in [1.54, 1.807) is 24.3 Å². The van der Waals surface area contributed by atoms with Crippen LogP contribution in [0.4, 0.5) is 19.3 Å². The molecule has 1 N–H and O–H groups in total. The van der Waals surface area contributed by atoms with Crippen LogP contribution in [0.5, 0.6) is 0 Å². The number of anilines is 1. The van der Waals surface area contributed by atoms with Gasteiger partial charge in [0.1, 0.15) is 17.7 Å². The first-order valence-electron chi connectivity index (χ1n) is 10.7. The van der Waals surface area contributed by atoms with Gasteiger partial charge in [0.2, 0.25) is 0 Å². The molecule has 1 aromatic heterocycles. The predicted molar refractivity (Wildman–Crippen MR) is 120 cm³/mol. The Morgan fingerprint density at radius 3 is 2.55 bits per heavy atom. The highest BCUT2D eigenvalue weighted by molar-refractivity contribution is 5.84. The van der Waals surface area contributed by atoms with E-state index < -0.39 is 17.7 Å². The fourth-order valence-corrected chi connectivity index (χ4v) is 3.74. The van der Waals surface area contributed by atoms with E-state index in [2.05, 4.69) is 15.3 Å². The van der Waals surface area contributed by atoms with Crippen molar-refractivity contribution >= 4 is 11.8 Å². The Morgan fingerprint density at radius 1 is 1.09 bits per heavy atom. The van der Waals surface area contributed by atoms with Crippen molar-refractivity contribution < 1.29 is 18.3 Å². The number of nitrogens with zero attached hydrogens (tertiary/aromatic N) is 3. The normalized spacial score (nSPS) is 14.8. The molecule has 1 fully saturated rings. The standard InChI is InChI=1S/C24H24F2N4O3/c1-29-9-7-21(8-10-29)33-24(32)27-20-4-2-3-16(11-20)15-30-23(31)6-5-22(28-30)17-12-18(25)14-19(26)13-17/h2-6,11-14,21H,7-10,15H2,1H3,(H,27,32). The topological polar surface area (TPSA) is 76.5 Å². The van der Waals surface area contributed by atoms with E-state index >= 15 is 0 Å². The third kappa shape index (κ3) is 6.01. The van der Waals surface area contributed by atoms with Crippen LogP contribution in [0, 0.1) is 11.6 Å². The number of nitrogens with one attached hydrogen (secondary N) is 1. The summed E-state index contributed by atoms with van der Waals surface area (Å²) in [6.07, 6.45) is 0.962. The second-order valence-electron chi connectivity index (χ2n) is 8.11. The minimum Gasteiger partial charge on any atom is -0.446 e. The van der Waals surface area contributed by atoms with Gasteiger partial charge in [-0.1, -0.05) is 12.1 Å². The Hall–Kier alpha value is -3.59. The summed E-state index contributed by atoms with van der Waals surface area (Å²) < 4.78 is 33.8. The summed E-state index contributed by atoms with van der Waals surface area (Å²) >= 11 is 0. The molecule has 3 aromatic rings. The average Bonchev–Trinajstić information content (AvgIpc) is 2.76. The Balaban J connectivity index is 1.46. The number of carbonyl (C=O) groups is 1. The van der Waals surface area contributed by atoms with Crippen molar-refractivity contribution in [3.63, 3.8) is 0 Å². The van der Waals surface area contributed by atoms with E-state index in [-0.39, 0.29) is 29.5 Å². The molecule has 0 unspecified atom stereocenters. The number of hydrogen-bond donors (Lipinski definition) is 1. The number of rotatable bonds is 5. The van der Waals surface area contributed by atoms with E-state index in [0.717, 1.165) is 44.1 Å². The summed E-state index contributed by atoms with van der Waals surface area (Å²) in [5.74, 6) is -1.45. The van der Waals surface area contributed by atoms with Gasteiger partial charge in [-0.05, 0) is 55.8 Å². The largest absolute Gasteiger partial charge is 0.446 e. The molecule has 4 rings (SSSR count). The highest BCUT2D eigenvalue weighted by atomic mass is 19.1. The van der Waals surface area contributed by atoms with Crippen LogP contribution in [0.3, 0.4) is 0 Å². The third-order valence-electron chi connectivity index (χ3n) is 5.47. The van der Waals surface area contributed by atoms with Gasteiger partial charge < -0.3 is 9.64 Å². The lowest BCUT2D eigenvalue weighted by Crippen LogP contribution is -2.36. The number of aromatic nitrogens is 2. The molecule has 9 heteroatoms. The molecular weight excluding hydrogens is 430 g/mol. The van der Waals surface area contributed by atoms with Crippen molar-refractivity contribution in [2.24, 2.45) is 0 Å². The van der Waals surface area contributed by atoms with Crippen LogP contribution in [0.15, 0.2) is 59.4 Å². The first-order valence-corrected chi connectivity index (χ1v) is 10.7. The van der Waals surface area contributed by atoms with Gasteiger partial charge in [0.05, 0.1) is 12.2 Å².